The molecule has 0 aromatic rings. The Labute approximate surface area is 108 Å². The van der Waals surface area contributed by atoms with Crippen molar-refractivity contribution < 1.29 is 0 Å². The van der Waals surface area contributed by atoms with Crippen LogP contribution >= 0.6 is 0 Å². The fourth-order valence-electron chi connectivity index (χ4n) is 2.86. The van der Waals surface area contributed by atoms with E-state index in [1.807, 2.05) is 0 Å². The summed E-state index contributed by atoms with van der Waals surface area (Å²) in [5, 5.41) is 3.68. The minimum atomic E-state index is 0.672. The van der Waals surface area contributed by atoms with Crippen LogP contribution in [0.5, 0.6) is 0 Å². The smallest absolute Gasteiger partial charge is 0.0218 e. The Balaban J connectivity index is 2.53. The average Bonchev–Trinajstić information content (AvgIpc) is 2.28. The van der Waals surface area contributed by atoms with E-state index in [4.69, 9.17) is 0 Å². The van der Waals surface area contributed by atoms with Crippen LogP contribution in [-0.4, -0.2) is 36.1 Å². The predicted molar refractivity (Wildman–Crippen MR) is 76.3 cm³/mol. The van der Waals surface area contributed by atoms with Gasteiger partial charge >= 0.3 is 0 Å². The molecule has 0 spiro atoms. The number of nitrogens with one attached hydrogen (secondary N) is 1. The molecule has 0 aromatic heterocycles. The lowest BCUT2D eigenvalue weighted by molar-refractivity contribution is 0.0744. The second-order valence-electron chi connectivity index (χ2n) is 6.40. The third-order valence-electron chi connectivity index (χ3n) is 4.46. The minimum absolute atomic E-state index is 0.672. The molecule has 0 aliphatic carbocycles. The van der Waals surface area contributed by atoms with Crippen LogP contribution in [0.25, 0.3) is 0 Å². The summed E-state index contributed by atoms with van der Waals surface area (Å²) in [7, 11) is 0. The molecule has 0 amide bonds. The summed E-state index contributed by atoms with van der Waals surface area (Å²) in [6.07, 6.45) is 2.64. The third kappa shape index (κ3) is 4.26. The van der Waals surface area contributed by atoms with Gasteiger partial charge < -0.3 is 5.32 Å². The topological polar surface area (TPSA) is 15.3 Å². The molecule has 17 heavy (non-hydrogen) atoms. The van der Waals surface area contributed by atoms with Crippen LogP contribution in [0.4, 0.5) is 0 Å². The predicted octanol–water partition coefficient (Wildman–Crippen LogP) is 3.13. The van der Waals surface area contributed by atoms with Gasteiger partial charge in [-0.2, -0.15) is 0 Å². The van der Waals surface area contributed by atoms with E-state index < -0.39 is 0 Å². The SMILES string of the molecule is CCC(C)CC(C)N1CC(C(C)C)NCC1C. The molecule has 102 valence electrons. The van der Waals surface area contributed by atoms with Gasteiger partial charge in [-0.1, -0.05) is 34.1 Å². The third-order valence-corrected chi connectivity index (χ3v) is 4.46. The van der Waals surface area contributed by atoms with Crippen molar-refractivity contribution in [2.45, 2.75) is 72.5 Å². The highest BCUT2D eigenvalue weighted by atomic mass is 15.2. The van der Waals surface area contributed by atoms with E-state index in [9.17, 15) is 0 Å². The molecule has 0 bridgehead atoms. The van der Waals surface area contributed by atoms with Crippen LogP contribution in [0.2, 0.25) is 0 Å². The van der Waals surface area contributed by atoms with Crippen LogP contribution in [0.1, 0.15) is 54.4 Å². The lowest BCUT2D eigenvalue weighted by Gasteiger charge is -2.44. The summed E-state index contributed by atoms with van der Waals surface area (Å²) in [6, 6.07) is 2.08. The first kappa shape index (κ1) is 15.0. The molecule has 4 atom stereocenters. The highest BCUT2D eigenvalue weighted by Gasteiger charge is 2.29. The Hall–Kier alpha value is -0.0800. The van der Waals surface area contributed by atoms with Crippen LogP contribution < -0.4 is 5.32 Å². The molecule has 1 aliphatic rings. The van der Waals surface area contributed by atoms with Crippen molar-refractivity contribution in [1.29, 1.82) is 0 Å². The maximum absolute atomic E-state index is 3.68. The van der Waals surface area contributed by atoms with Crippen molar-refractivity contribution in [2.24, 2.45) is 11.8 Å². The Morgan fingerprint density at radius 2 is 1.88 bits per heavy atom. The van der Waals surface area contributed by atoms with E-state index in [2.05, 4.69) is 51.8 Å². The van der Waals surface area contributed by atoms with Crippen molar-refractivity contribution in [3.8, 4) is 0 Å². The fourth-order valence-corrected chi connectivity index (χ4v) is 2.86. The summed E-state index contributed by atoms with van der Waals surface area (Å²) in [6.45, 7) is 16.5. The standard InChI is InChI=1S/C15H32N2/c1-7-12(4)8-13(5)17-10-15(11(2)3)16-9-14(17)6/h11-16H,7-10H2,1-6H3. The molecule has 1 fully saturated rings. The van der Waals surface area contributed by atoms with E-state index in [-0.39, 0.29) is 0 Å². The first-order chi connectivity index (χ1) is 7.95. The molecule has 2 heteroatoms. The van der Waals surface area contributed by atoms with E-state index in [1.165, 1.54) is 19.4 Å². The zero-order valence-electron chi connectivity index (χ0n) is 12.7. The average molecular weight is 240 g/mol. The Kier molecular flexibility index (Phi) is 5.94. The largest absolute Gasteiger partial charge is 0.311 e. The van der Waals surface area contributed by atoms with Gasteiger partial charge in [0.05, 0.1) is 0 Å². The van der Waals surface area contributed by atoms with Crippen LogP contribution in [0.3, 0.4) is 0 Å². The summed E-state index contributed by atoms with van der Waals surface area (Å²) >= 11 is 0. The van der Waals surface area contributed by atoms with Gasteiger partial charge in [0.1, 0.15) is 0 Å². The zero-order chi connectivity index (χ0) is 13.0. The molecule has 1 aliphatic heterocycles. The number of piperazine rings is 1. The fraction of sp³-hybridized carbons (Fsp3) is 1.00. The highest BCUT2D eigenvalue weighted by Crippen LogP contribution is 2.20. The number of nitrogens with zero attached hydrogens (tertiary/aromatic N) is 1. The molecule has 0 radical (unpaired) electrons. The summed E-state index contributed by atoms with van der Waals surface area (Å²) in [5.74, 6) is 1.59. The monoisotopic (exact) mass is 240 g/mol. The van der Waals surface area contributed by atoms with Crippen molar-refractivity contribution in [2.75, 3.05) is 13.1 Å². The summed E-state index contributed by atoms with van der Waals surface area (Å²) < 4.78 is 0. The molecule has 2 nitrogen and oxygen atoms in total. The Morgan fingerprint density at radius 3 is 2.41 bits per heavy atom. The Bertz CT molecular complexity index is 215. The van der Waals surface area contributed by atoms with Gasteiger partial charge in [-0.3, -0.25) is 4.90 Å². The Morgan fingerprint density at radius 1 is 1.24 bits per heavy atom. The molecule has 1 heterocycles. The summed E-state index contributed by atoms with van der Waals surface area (Å²) in [4.78, 5) is 2.72. The van der Waals surface area contributed by atoms with Crippen molar-refractivity contribution in [3.63, 3.8) is 0 Å². The molecule has 1 rings (SSSR count). The normalized spacial score (nSPS) is 30.5. The van der Waals surface area contributed by atoms with Crippen molar-refractivity contribution >= 4 is 0 Å². The van der Waals surface area contributed by atoms with Crippen molar-refractivity contribution in [3.05, 3.63) is 0 Å². The maximum atomic E-state index is 3.68. The van der Waals surface area contributed by atoms with E-state index in [0.717, 1.165) is 24.4 Å². The van der Waals surface area contributed by atoms with Gasteiger partial charge in [-0.25, -0.2) is 0 Å². The second-order valence-corrected chi connectivity index (χ2v) is 6.40. The first-order valence-electron chi connectivity index (χ1n) is 7.44. The molecule has 4 unspecified atom stereocenters. The molecule has 1 saturated heterocycles. The molecule has 0 saturated carbocycles. The van der Waals surface area contributed by atoms with Crippen LogP contribution in [-0.2, 0) is 0 Å². The number of hydrogen-bond donors (Lipinski definition) is 1. The van der Waals surface area contributed by atoms with Crippen LogP contribution in [0.15, 0.2) is 0 Å². The van der Waals surface area contributed by atoms with Gasteiger partial charge in [-0.05, 0) is 32.1 Å². The van der Waals surface area contributed by atoms with Gasteiger partial charge in [0.25, 0.3) is 0 Å². The van der Waals surface area contributed by atoms with Gasteiger partial charge in [0.15, 0.2) is 0 Å². The van der Waals surface area contributed by atoms with Gasteiger partial charge in [0.2, 0.25) is 0 Å². The van der Waals surface area contributed by atoms with E-state index in [0.29, 0.717) is 12.1 Å². The minimum Gasteiger partial charge on any atom is -0.311 e. The second kappa shape index (κ2) is 6.75. The lowest BCUT2D eigenvalue weighted by Crippen LogP contribution is -2.59. The quantitative estimate of drug-likeness (QED) is 0.794. The summed E-state index contributed by atoms with van der Waals surface area (Å²) in [5.41, 5.74) is 0. The van der Waals surface area contributed by atoms with Gasteiger partial charge in [-0.15, -0.1) is 0 Å². The molecule has 1 N–H and O–H groups in total. The van der Waals surface area contributed by atoms with Crippen LogP contribution in [0, 0.1) is 11.8 Å². The maximum Gasteiger partial charge on any atom is 0.0218 e. The lowest BCUT2D eigenvalue weighted by atomic mass is 9.94. The molecular weight excluding hydrogens is 208 g/mol. The van der Waals surface area contributed by atoms with Gasteiger partial charge in [0, 0.05) is 31.2 Å². The van der Waals surface area contributed by atoms with E-state index >= 15 is 0 Å². The van der Waals surface area contributed by atoms with E-state index in [1.54, 1.807) is 0 Å². The first-order valence-corrected chi connectivity index (χ1v) is 7.44. The molecular formula is C15H32N2. The zero-order valence-corrected chi connectivity index (χ0v) is 12.7. The van der Waals surface area contributed by atoms with Crippen molar-refractivity contribution in [1.82, 2.24) is 10.2 Å². The molecule has 0 aromatic carbocycles. The highest BCUT2D eigenvalue weighted by molar-refractivity contribution is 4.88. The number of hydrogen-bond acceptors (Lipinski definition) is 2. The number of rotatable bonds is 5.